The first-order valence-electron chi connectivity index (χ1n) is 23.0. The van der Waals surface area contributed by atoms with Gasteiger partial charge in [-0.3, -0.25) is 0 Å². The standard InChI is InChI=1S/C61H53N/c1-60(2)57-16-10-9-15-54(57)55-31-30-53(37-58(55)60)62(52-28-23-47(24-29-52)44-11-5-3-6-12-44)59-32-25-50(36-56(59)49-13-7-4-8-14-49)48-19-17-45(18-20-48)46-21-26-51(27-22-46)61-38-41-33-42(39-61)35-43(34-41)40-61/h3-32,36-37,41-43H,33-35,38-40H2,1-2H3. The van der Waals surface area contributed by atoms with Crippen LogP contribution in [-0.4, -0.2) is 0 Å². The van der Waals surface area contributed by atoms with Gasteiger partial charge in [0.1, 0.15) is 0 Å². The Morgan fingerprint density at radius 1 is 0.371 bits per heavy atom. The maximum Gasteiger partial charge on any atom is 0.0540 e. The Labute approximate surface area is 367 Å². The van der Waals surface area contributed by atoms with Crippen LogP contribution in [0.3, 0.4) is 0 Å². The Hall–Kier alpha value is -6.44. The van der Waals surface area contributed by atoms with Gasteiger partial charge in [0.05, 0.1) is 5.69 Å². The maximum absolute atomic E-state index is 2.48. The molecule has 8 aromatic rings. The zero-order chi connectivity index (χ0) is 41.4. The van der Waals surface area contributed by atoms with E-state index in [9.17, 15) is 0 Å². The molecule has 0 atom stereocenters. The smallest absolute Gasteiger partial charge is 0.0540 e. The fourth-order valence-electron chi connectivity index (χ4n) is 12.8. The van der Waals surface area contributed by atoms with Crippen molar-refractivity contribution in [3.05, 3.63) is 211 Å². The molecule has 302 valence electrons. The molecule has 4 saturated carbocycles. The first kappa shape index (κ1) is 37.3. The van der Waals surface area contributed by atoms with Crippen molar-refractivity contribution in [3.8, 4) is 55.6 Å². The Morgan fingerprint density at radius 2 is 0.839 bits per heavy atom. The molecule has 4 fully saturated rings. The molecule has 8 aromatic carbocycles. The van der Waals surface area contributed by atoms with Gasteiger partial charge in [-0.2, -0.15) is 0 Å². The second kappa shape index (κ2) is 14.6. The largest absolute Gasteiger partial charge is 0.310 e. The Kier molecular flexibility index (Phi) is 8.79. The number of hydrogen-bond acceptors (Lipinski definition) is 1. The second-order valence-electron chi connectivity index (χ2n) is 19.6. The molecule has 0 aromatic heterocycles. The summed E-state index contributed by atoms with van der Waals surface area (Å²) in [4.78, 5) is 2.47. The van der Waals surface area contributed by atoms with E-state index in [2.05, 4.69) is 213 Å². The topological polar surface area (TPSA) is 3.24 Å². The first-order valence-corrected chi connectivity index (χ1v) is 23.0. The minimum absolute atomic E-state index is 0.112. The summed E-state index contributed by atoms with van der Waals surface area (Å²) in [6.45, 7) is 4.74. The summed E-state index contributed by atoms with van der Waals surface area (Å²) in [6, 6.07) is 72.8. The average molecular weight is 800 g/mol. The number of rotatable bonds is 8. The number of fused-ring (bicyclic) bond motifs is 3. The molecule has 5 aliphatic carbocycles. The minimum Gasteiger partial charge on any atom is -0.310 e. The highest BCUT2D eigenvalue weighted by atomic mass is 15.1. The highest BCUT2D eigenvalue weighted by molar-refractivity contribution is 5.93. The normalized spacial score (nSPS) is 21.4. The van der Waals surface area contributed by atoms with Crippen molar-refractivity contribution in [1.29, 1.82) is 0 Å². The van der Waals surface area contributed by atoms with Crippen LogP contribution in [0.25, 0.3) is 55.6 Å². The first-order chi connectivity index (χ1) is 30.4. The van der Waals surface area contributed by atoms with Crippen LogP contribution in [0.4, 0.5) is 17.1 Å². The van der Waals surface area contributed by atoms with Crippen molar-refractivity contribution in [2.45, 2.75) is 63.2 Å². The summed E-state index contributed by atoms with van der Waals surface area (Å²) in [7, 11) is 0. The lowest BCUT2D eigenvalue weighted by Gasteiger charge is -2.57. The van der Waals surface area contributed by atoms with Crippen molar-refractivity contribution in [1.82, 2.24) is 0 Å². The van der Waals surface area contributed by atoms with E-state index in [4.69, 9.17) is 0 Å². The monoisotopic (exact) mass is 799 g/mol. The van der Waals surface area contributed by atoms with Crippen LogP contribution in [0.1, 0.15) is 69.1 Å². The third kappa shape index (κ3) is 6.27. The lowest BCUT2D eigenvalue weighted by atomic mass is 9.48. The lowest BCUT2D eigenvalue weighted by molar-refractivity contribution is -0.00518. The molecule has 0 saturated heterocycles. The quantitative estimate of drug-likeness (QED) is 0.148. The zero-order valence-electron chi connectivity index (χ0n) is 35.9. The molecule has 0 radical (unpaired) electrons. The third-order valence-corrected chi connectivity index (χ3v) is 15.5. The highest BCUT2D eigenvalue weighted by Gasteiger charge is 2.51. The van der Waals surface area contributed by atoms with Gasteiger partial charge in [-0.1, -0.05) is 172 Å². The second-order valence-corrected chi connectivity index (χ2v) is 19.6. The summed E-state index contributed by atoms with van der Waals surface area (Å²) >= 11 is 0. The van der Waals surface area contributed by atoms with Crippen LogP contribution in [0.2, 0.25) is 0 Å². The Morgan fingerprint density at radius 3 is 1.47 bits per heavy atom. The van der Waals surface area contributed by atoms with Gasteiger partial charge in [-0.25, -0.2) is 0 Å². The van der Waals surface area contributed by atoms with Crippen molar-refractivity contribution in [2.24, 2.45) is 17.8 Å². The van der Waals surface area contributed by atoms with Crippen molar-refractivity contribution < 1.29 is 0 Å². The molecule has 1 heteroatoms. The molecular formula is C61H53N. The molecule has 4 bridgehead atoms. The summed E-state index contributed by atoms with van der Waals surface area (Å²) in [5.74, 6) is 2.89. The van der Waals surface area contributed by atoms with E-state index in [1.54, 1.807) is 5.56 Å². The summed E-state index contributed by atoms with van der Waals surface area (Å²) < 4.78 is 0. The van der Waals surface area contributed by atoms with Gasteiger partial charge < -0.3 is 4.90 Å². The average Bonchev–Trinajstić information content (AvgIpc) is 3.55. The van der Waals surface area contributed by atoms with E-state index in [0.29, 0.717) is 5.41 Å². The molecule has 0 heterocycles. The van der Waals surface area contributed by atoms with Crippen LogP contribution >= 0.6 is 0 Å². The van der Waals surface area contributed by atoms with Crippen molar-refractivity contribution >= 4 is 17.1 Å². The number of hydrogen-bond donors (Lipinski definition) is 0. The molecule has 62 heavy (non-hydrogen) atoms. The van der Waals surface area contributed by atoms with Gasteiger partial charge in [0.2, 0.25) is 0 Å². The highest BCUT2D eigenvalue weighted by Crippen LogP contribution is 2.61. The van der Waals surface area contributed by atoms with E-state index >= 15 is 0 Å². The van der Waals surface area contributed by atoms with E-state index < -0.39 is 0 Å². The van der Waals surface area contributed by atoms with Crippen LogP contribution in [0.5, 0.6) is 0 Å². The fourth-order valence-corrected chi connectivity index (χ4v) is 12.8. The molecule has 0 unspecified atom stereocenters. The van der Waals surface area contributed by atoms with Crippen LogP contribution < -0.4 is 4.90 Å². The maximum atomic E-state index is 2.48. The van der Waals surface area contributed by atoms with Gasteiger partial charge >= 0.3 is 0 Å². The lowest BCUT2D eigenvalue weighted by Crippen LogP contribution is -2.48. The van der Waals surface area contributed by atoms with Crippen LogP contribution in [-0.2, 0) is 10.8 Å². The van der Waals surface area contributed by atoms with E-state index in [-0.39, 0.29) is 5.41 Å². The fraction of sp³-hybridized carbons (Fsp3) is 0.213. The van der Waals surface area contributed by atoms with Gasteiger partial charge in [0.15, 0.2) is 0 Å². The molecule has 0 aliphatic heterocycles. The predicted molar refractivity (Wildman–Crippen MR) is 260 cm³/mol. The molecule has 1 nitrogen and oxygen atoms in total. The van der Waals surface area contributed by atoms with E-state index in [0.717, 1.165) is 34.8 Å². The van der Waals surface area contributed by atoms with Crippen molar-refractivity contribution in [3.63, 3.8) is 0 Å². The number of nitrogens with zero attached hydrogens (tertiary/aromatic N) is 1. The third-order valence-electron chi connectivity index (χ3n) is 15.5. The summed E-state index contributed by atoms with van der Waals surface area (Å²) in [6.07, 6.45) is 8.70. The van der Waals surface area contributed by atoms with E-state index in [1.807, 2.05) is 0 Å². The number of benzene rings is 8. The van der Waals surface area contributed by atoms with Crippen LogP contribution in [0.15, 0.2) is 194 Å². The molecule has 0 spiro atoms. The number of anilines is 3. The van der Waals surface area contributed by atoms with Crippen LogP contribution in [0, 0.1) is 17.8 Å². The van der Waals surface area contributed by atoms with Crippen molar-refractivity contribution in [2.75, 3.05) is 4.90 Å². The van der Waals surface area contributed by atoms with Gasteiger partial charge in [0.25, 0.3) is 0 Å². The Balaban J connectivity index is 0.923. The SMILES string of the molecule is CC1(C)c2ccccc2-c2ccc(N(c3ccc(-c4ccccc4)cc3)c3ccc(-c4ccc(-c5ccc(C67CC8CC(CC(C8)C6)C7)cc5)cc4)cc3-c3ccccc3)cc21. The molecule has 5 aliphatic rings. The Bertz CT molecular complexity index is 2890. The van der Waals surface area contributed by atoms with Gasteiger partial charge in [0, 0.05) is 22.4 Å². The van der Waals surface area contributed by atoms with Gasteiger partial charge in [-0.05, 0) is 165 Å². The molecule has 0 N–H and O–H groups in total. The zero-order valence-corrected chi connectivity index (χ0v) is 35.9. The van der Waals surface area contributed by atoms with Gasteiger partial charge in [-0.15, -0.1) is 0 Å². The summed E-state index contributed by atoms with van der Waals surface area (Å²) in [5, 5.41) is 0. The minimum atomic E-state index is -0.112. The predicted octanol–water partition coefficient (Wildman–Crippen LogP) is 16.6. The van der Waals surface area contributed by atoms with E-state index in [1.165, 1.54) is 105 Å². The molecule has 13 rings (SSSR count). The summed E-state index contributed by atoms with van der Waals surface area (Å²) in [5.41, 5.74) is 20.6. The molecular weight excluding hydrogens is 747 g/mol. The molecule has 0 amide bonds.